The number of aromatic amines is 1. The minimum Gasteiger partial charge on any atom is -0.406 e. The van der Waals surface area contributed by atoms with Crippen LogP contribution in [-0.2, 0) is 0 Å². The second-order valence-corrected chi connectivity index (χ2v) is 9.12. The van der Waals surface area contributed by atoms with Crippen molar-refractivity contribution in [1.82, 2.24) is 20.0 Å². The molecule has 9 nitrogen and oxygen atoms in total. The molecule has 13 heteroatoms. The summed E-state index contributed by atoms with van der Waals surface area (Å²) in [6.45, 7) is 3.42. The van der Waals surface area contributed by atoms with Crippen molar-refractivity contribution < 1.29 is 17.9 Å². The molecule has 37 heavy (non-hydrogen) atoms. The van der Waals surface area contributed by atoms with E-state index in [0.717, 1.165) is 49.2 Å². The number of amidine groups is 1. The molecule has 0 radical (unpaired) electrons. The maximum Gasteiger partial charge on any atom is 0.573 e. The van der Waals surface area contributed by atoms with E-state index in [2.05, 4.69) is 46.8 Å². The summed E-state index contributed by atoms with van der Waals surface area (Å²) in [6.07, 6.45) is -3.07. The van der Waals surface area contributed by atoms with Crippen LogP contribution >= 0.6 is 11.8 Å². The van der Waals surface area contributed by atoms with E-state index in [9.17, 15) is 13.2 Å². The Bertz CT molecular complexity index is 1250. The Kier molecular flexibility index (Phi) is 8.46. The number of ether oxygens (including phenoxy) is 1. The summed E-state index contributed by atoms with van der Waals surface area (Å²) in [6, 6.07) is 16.8. The number of nitrogens with one attached hydrogen (secondary N) is 1. The van der Waals surface area contributed by atoms with Crippen LogP contribution in [0.5, 0.6) is 5.75 Å². The Morgan fingerprint density at radius 1 is 1.08 bits per heavy atom. The maximum absolute atomic E-state index is 12.5. The number of nitrogens with zero attached hydrogens (tertiary/aromatic N) is 6. The van der Waals surface area contributed by atoms with Crippen LogP contribution in [0.1, 0.15) is 0 Å². The van der Waals surface area contributed by atoms with Crippen molar-refractivity contribution in [1.29, 1.82) is 0 Å². The molecule has 1 aliphatic rings. The van der Waals surface area contributed by atoms with Gasteiger partial charge in [-0.3, -0.25) is 5.10 Å². The van der Waals surface area contributed by atoms with Crippen LogP contribution in [0.4, 0.5) is 19.0 Å². The van der Waals surface area contributed by atoms with Gasteiger partial charge in [0.1, 0.15) is 5.75 Å². The van der Waals surface area contributed by atoms with Gasteiger partial charge in [0, 0.05) is 37.1 Å². The molecule has 3 aromatic rings. The van der Waals surface area contributed by atoms with Gasteiger partial charge < -0.3 is 20.3 Å². The van der Waals surface area contributed by atoms with E-state index < -0.39 is 6.36 Å². The predicted molar refractivity (Wildman–Crippen MR) is 139 cm³/mol. The quantitative estimate of drug-likeness (QED) is 0.289. The van der Waals surface area contributed by atoms with Gasteiger partial charge in [-0.15, -0.1) is 13.2 Å². The molecule has 2 heterocycles. The number of guanidine groups is 1. The molecule has 0 amide bonds. The van der Waals surface area contributed by atoms with E-state index in [1.807, 2.05) is 30.3 Å². The van der Waals surface area contributed by atoms with Crippen molar-refractivity contribution in [3.8, 4) is 17.0 Å². The average molecular weight is 531 g/mol. The Morgan fingerprint density at radius 3 is 2.46 bits per heavy atom. The Balaban J connectivity index is 1.52. The molecule has 2 aromatic carbocycles. The molecule has 0 aliphatic carbocycles. The number of aromatic nitrogens is 2. The molecule has 1 aliphatic heterocycles. The predicted octanol–water partition coefficient (Wildman–Crippen LogP) is 4.35. The van der Waals surface area contributed by atoms with Crippen LogP contribution in [0.3, 0.4) is 0 Å². The van der Waals surface area contributed by atoms with Crippen molar-refractivity contribution in [2.45, 2.75) is 11.3 Å². The molecule has 194 valence electrons. The number of alkyl halides is 3. The molecule has 3 N–H and O–H groups in total. The van der Waals surface area contributed by atoms with Crippen molar-refractivity contribution in [2.24, 2.45) is 20.7 Å². The highest BCUT2D eigenvalue weighted by atomic mass is 32.2. The summed E-state index contributed by atoms with van der Waals surface area (Å²) >= 11 is 1.13. The molecule has 4 rings (SSSR count). The second-order valence-electron chi connectivity index (χ2n) is 8.08. The lowest BCUT2D eigenvalue weighted by Crippen LogP contribution is -2.43. The summed E-state index contributed by atoms with van der Waals surface area (Å²) in [4.78, 5) is 18.0. The average Bonchev–Trinajstić information content (AvgIpc) is 3.33. The van der Waals surface area contributed by atoms with E-state index in [-0.39, 0.29) is 16.9 Å². The molecule has 0 unspecified atom stereocenters. The van der Waals surface area contributed by atoms with E-state index in [1.165, 1.54) is 24.3 Å². The van der Waals surface area contributed by atoms with Gasteiger partial charge in [-0.2, -0.15) is 15.1 Å². The Morgan fingerprint density at radius 2 is 1.78 bits per heavy atom. The highest BCUT2D eigenvalue weighted by Crippen LogP contribution is 2.27. The van der Waals surface area contributed by atoms with Crippen molar-refractivity contribution >= 4 is 35.0 Å². The fourth-order valence-electron chi connectivity index (χ4n) is 3.34. The zero-order valence-corrected chi connectivity index (χ0v) is 20.7. The van der Waals surface area contributed by atoms with Gasteiger partial charge in [0.15, 0.2) is 11.0 Å². The summed E-state index contributed by atoms with van der Waals surface area (Å²) in [5.74, 6) is -0.0348. The summed E-state index contributed by atoms with van der Waals surface area (Å²) < 4.78 is 41.3. The number of rotatable bonds is 5. The zero-order chi connectivity index (χ0) is 26.3. The van der Waals surface area contributed by atoms with Gasteiger partial charge in [0.05, 0.1) is 12.0 Å². The van der Waals surface area contributed by atoms with Crippen LogP contribution in [0, 0.1) is 0 Å². The van der Waals surface area contributed by atoms with Crippen LogP contribution in [0.25, 0.3) is 11.3 Å². The molecule has 1 saturated heterocycles. The molecular formula is C24H25F3N8OS. The highest BCUT2D eigenvalue weighted by molar-refractivity contribution is 8.14. The van der Waals surface area contributed by atoms with Gasteiger partial charge in [-0.05, 0) is 48.6 Å². The number of halogens is 3. The number of piperazine rings is 1. The fourth-order valence-corrected chi connectivity index (χ4v) is 4.06. The first-order chi connectivity index (χ1) is 17.7. The van der Waals surface area contributed by atoms with E-state index in [1.54, 1.807) is 12.4 Å². The van der Waals surface area contributed by atoms with E-state index in [0.29, 0.717) is 10.7 Å². The molecular weight excluding hydrogens is 505 g/mol. The monoisotopic (exact) mass is 530 g/mol. The lowest BCUT2D eigenvalue weighted by atomic mass is 10.2. The minimum absolute atomic E-state index is 0.0684. The zero-order valence-electron chi connectivity index (χ0n) is 19.9. The first-order valence-electron chi connectivity index (χ1n) is 11.3. The van der Waals surface area contributed by atoms with Crippen LogP contribution < -0.4 is 10.5 Å². The van der Waals surface area contributed by atoms with E-state index >= 15 is 0 Å². The maximum atomic E-state index is 12.5. The number of aliphatic imine (C=N–C) groups is 3. The third-order valence-corrected chi connectivity index (χ3v) is 6.11. The lowest BCUT2D eigenvalue weighted by molar-refractivity contribution is -0.274. The van der Waals surface area contributed by atoms with Crippen molar-refractivity contribution in [2.75, 3.05) is 33.2 Å². The summed E-state index contributed by atoms with van der Waals surface area (Å²) in [5.41, 5.74) is 7.81. The normalized spacial score (nSPS) is 15.9. The SMILES string of the molecule is CN1CCN(C=NC(=NC(N)=Nc2cc(-c3ccccc3)[nH]n2)Sc2ccc(OC(F)(F)F)cc2)CC1. The highest BCUT2D eigenvalue weighted by Gasteiger charge is 2.31. The largest absolute Gasteiger partial charge is 0.573 e. The van der Waals surface area contributed by atoms with Gasteiger partial charge in [0.2, 0.25) is 5.96 Å². The van der Waals surface area contributed by atoms with Gasteiger partial charge in [0.25, 0.3) is 0 Å². The molecule has 1 fully saturated rings. The van der Waals surface area contributed by atoms with Gasteiger partial charge in [-0.25, -0.2) is 4.99 Å². The fraction of sp³-hybridized carbons (Fsp3) is 0.250. The number of hydrogen-bond acceptors (Lipinski definition) is 5. The minimum atomic E-state index is -4.76. The summed E-state index contributed by atoms with van der Waals surface area (Å²) in [5, 5.41) is 7.35. The summed E-state index contributed by atoms with van der Waals surface area (Å²) in [7, 11) is 2.05. The van der Waals surface area contributed by atoms with Gasteiger partial charge >= 0.3 is 6.36 Å². The van der Waals surface area contributed by atoms with Crippen LogP contribution in [0.15, 0.2) is 80.5 Å². The molecule has 0 spiro atoms. The van der Waals surface area contributed by atoms with E-state index in [4.69, 9.17) is 5.73 Å². The first kappa shape index (κ1) is 26.2. The van der Waals surface area contributed by atoms with Crippen molar-refractivity contribution in [3.05, 3.63) is 60.7 Å². The topological polar surface area (TPSA) is 107 Å². The number of likely N-dealkylation sites (N-methyl/N-ethyl adjacent to an activating group) is 1. The smallest absolute Gasteiger partial charge is 0.406 e. The number of nitrogens with two attached hydrogens (primary N) is 1. The second kappa shape index (κ2) is 11.9. The lowest BCUT2D eigenvalue weighted by Gasteiger charge is -2.30. The number of hydrogen-bond donors (Lipinski definition) is 2. The molecule has 1 aromatic heterocycles. The standard InChI is InChI=1S/C24H25F3N8OS/c1-34-11-13-35(14-12-34)16-29-23(37-19-9-7-18(8-10-19)36-24(25,26)27)31-22(28)30-21-15-20(32-33-21)17-5-3-2-4-6-17/h2-10,15-16H,11-14H2,1H3,(H3,28,30,32,33). The third kappa shape index (κ3) is 8.36. The Labute approximate surface area is 216 Å². The van der Waals surface area contributed by atoms with Crippen molar-refractivity contribution in [3.63, 3.8) is 0 Å². The number of H-pyrrole nitrogens is 1. The number of thioether (sulfide) groups is 1. The van der Waals surface area contributed by atoms with Crippen LogP contribution in [0.2, 0.25) is 0 Å². The first-order valence-corrected chi connectivity index (χ1v) is 12.1. The van der Waals surface area contributed by atoms with Crippen LogP contribution in [-0.4, -0.2) is 77.1 Å². The van der Waals surface area contributed by atoms with Gasteiger partial charge in [-0.1, -0.05) is 30.3 Å². The third-order valence-electron chi connectivity index (χ3n) is 5.22. The molecule has 0 saturated carbocycles. The number of benzene rings is 2. The molecule has 0 atom stereocenters. The molecule has 0 bridgehead atoms. The Hall–Kier alpha value is -3.84.